The number of nitrogens with one attached hydrogen (secondary N) is 2. The normalized spacial score (nSPS) is 31.5. The zero-order valence-electron chi connectivity index (χ0n) is 9.55. The highest BCUT2D eigenvalue weighted by atomic mass is 35.5. The summed E-state index contributed by atoms with van der Waals surface area (Å²) in [5.74, 6) is -0.359. The zero-order valence-corrected chi connectivity index (χ0v) is 10.3. The molecule has 0 aliphatic carbocycles. The number of hydrogen-bond acceptors (Lipinski definition) is 2. The van der Waals surface area contributed by atoms with Gasteiger partial charge in [-0.15, -0.1) is 0 Å². The Hall–Kier alpha value is -0.800. The van der Waals surface area contributed by atoms with E-state index in [1.54, 1.807) is 12.1 Å². The first-order valence-corrected chi connectivity index (χ1v) is 6.56. The van der Waals surface area contributed by atoms with Crippen molar-refractivity contribution < 1.29 is 4.39 Å². The van der Waals surface area contributed by atoms with Gasteiger partial charge in [0.15, 0.2) is 0 Å². The van der Waals surface area contributed by atoms with Gasteiger partial charge in [-0.2, -0.15) is 0 Å². The van der Waals surface area contributed by atoms with Crippen LogP contribution in [-0.4, -0.2) is 18.1 Å². The van der Waals surface area contributed by atoms with E-state index in [1.165, 1.54) is 18.9 Å². The third-order valence-electron chi connectivity index (χ3n) is 3.76. The first kappa shape index (κ1) is 11.3. The van der Waals surface area contributed by atoms with Gasteiger partial charge in [-0.05, 0) is 43.9 Å². The minimum atomic E-state index is -0.359. The first-order chi connectivity index (χ1) is 8.20. The third kappa shape index (κ3) is 2.40. The van der Waals surface area contributed by atoms with E-state index in [0.717, 1.165) is 18.5 Å². The summed E-state index contributed by atoms with van der Waals surface area (Å²) in [4.78, 5) is 0. The van der Waals surface area contributed by atoms with Crippen LogP contribution < -0.4 is 10.6 Å². The SMILES string of the molecule is Fc1ccc(NC2CC3CCC(C2)N3)cc1Cl. The number of anilines is 1. The summed E-state index contributed by atoms with van der Waals surface area (Å²) in [7, 11) is 0. The highest BCUT2D eigenvalue weighted by Crippen LogP contribution is 2.29. The molecule has 2 nitrogen and oxygen atoms in total. The second-order valence-corrected chi connectivity index (χ2v) is 5.49. The van der Waals surface area contributed by atoms with E-state index in [1.807, 2.05) is 0 Å². The quantitative estimate of drug-likeness (QED) is 0.847. The molecule has 0 radical (unpaired) electrons. The van der Waals surface area contributed by atoms with Crippen molar-refractivity contribution in [1.29, 1.82) is 0 Å². The van der Waals surface area contributed by atoms with Crippen molar-refractivity contribution in [1.82, 2.24) is 5.32 Å². The van der Waals surface area contributed by atoms with Crippen LogP contribution in [0.25, 0.3) is 0 Å². The monoisotopic (exact) mass is 254 g/mol. The molecular weight excluding hydrogens is 239 g/mol. The number of benzene rings is 1. The van der Waals surface area contributed by atoms with Crippen LogP contribution in [0.15, 0.2) is 18.2 Å². The lowest BCUT2D eigenvalue weighted by Crippen LogP contribution is -2.43. The van der Waals surface area contributed by atoms with Gasteiger partial charge >= 0.3 is 0 Å². The van der Waals surface area contributed by atoms with Gasteiger partial charge in [-0.3, -0.25) is 0 Å². The summed E-state index contributed by atoms with van der Waals surface area (Å²) < 4.78 is 13.0. The molecule has 2 heterocycles. The molecule has 92 valence electrons. The molecule has 4 heteroatoms. The lowest BCUT2D eigenvalue weighted by Gasteiger charge is -2.30. The van der Waals surface area contributed by atoms with E-state index in [4.69, 9.17) is 11.6 Å². The molecule has 2 N–H and O–H groups in total. The Morgan fingerprint density at radius 1 is 1.24 bits per heavy atom. The lowest BCUT2D eigenvalue weighted by atomic mass is 9.99. The maximum atomic E-state index is 13.0. The number of halogens is 2. The van der Waals surface area contributed by atoms with Crippen molar-refractivity contribution >= 4 is 17.3 Å². The molecule has 2 bridgehead atoms. The fraction of sp³-hybridized carbons (Fsp3) is 0.538. The van der Waals surface area contributed by atoms with Crippen molar-refractivity contribution in [3.8, 4) is 0 Å². The molecule has 17 heavy (non-hydrogen) atoms. The summed E-state index contributed by atoms with van der Waals surface area (Å²) in [5, 5.41) is 7.25. The van der Waals surface area contributed by atoms with Gasteiger partial charge in [0, 0.05) is 23.8 Å². The molecule has 1 aromatic carbocycles. The zero-order chi connectivity index (χ0) is 11.8. The van der Waals surface area contributed by atoms with Crippen molar-refractivity contribution in [2.24, 2.45) is 0 Å². The van der Waals surface area contributed by atoms with Crippen molar-refractivity contribution in [3.63, 3.8) is 0 Å². The predicted octanol–water partition coefficient (Wildman–Crippen LogP) is 3.17. The average molecular weight is 255 g/mol. The number of piperidine rings is 1. The summed E-state index contributed by atoms with van der Waals surface area (Å²) in [5.41, 5.74) is 0.919. The summed E-state index contributed by atoms with van der Waals surface area (Å²) in [6.45, 7) is 0. The molecule has 2 atom stereocenters. The van der Waals surface area contributed by atoms with Crippen LogP contribution in [0.2, 0.25) is 5.02 Å². The van der Waals surface area contributed by atoms with E-state index in [9.17, 15) is 4.39 Å². The molecule has 3 rings (SSSR count). The van der Waals surface area contributed by atoms with Crippen LogP contribution >= 0.6 is 11.6 Å². The van der Waals surface area contributed by atoms with Gasteiger partial charge in [-0.1, -0.05) is 11.6 Å². The fourth-order valence-electron chi connectivity index (χ4n) is 3.00. The summed E-state index contributed by atoms with van der Waals surface area (Å²) in [6, 6.07) is 6.63. The Labute approximate surface area is 106 Å². The Morgan fingerprint density at radius 2 is 1.94 bits per heavy atom. The van der Waals surface area contributed by atoms with Crippen molar-refractivity contribution in [2.75, 3.05) is 5.32 Å². The first-order valence-electron chi connectivity index (χ1n) is 6.18. The topological polar surface area (TPSA) is 24.1 Å². The van der Waals surface area contributed by atoms with Crippen LogP contribution in [-0.2, 0) is 0 Å². The molecule has 0 amide bonds. The lowest BCUT2D eigenvalue weighted by molar-refractivity contribution is 0.378. The van der Waals surface area contributed by atoms with Crippen LogP contribution in [0.4, 0.5) is 10.1 Å². The van der Waals surface area contributed by atoms with Gasteiger partial charge in [0.05, 0.1) is 5.02 Å². The molecule has 2 aliphatic heterocycles. The maximum Gasteiger partial charge on any atom is 0.141 e. The van der Waals surface area contributed by atoms with Crippen LogP contribution in [0.5, 0.6) is 0 Å². The van der Waals surface area contributed by atoms with Crippen LogP contribution in [0.3, 0.4) is 0 Å². The van der Waals surface area contributed by atoms with Crippen LogP contribution in [0, 0.1) is 5.82 Å². The van der Waals surface area contributed by atoms with E-state index in [0.29, 0.717) is 18.1 Å². The highest BCUT2D eigenvalue weighted by Gasteiger charge is 2.33. The van der Waals surface area contributed by atoms with Crippen molar-refractivity contribution in [3.05, 3.63) is 29.0 Å². The van der Waals surface area contributed by atoms with E-state index in [-0.39, 0.29) is 10.8 Å². The van der Waals surface area contributed by atoms with Gasteiger partial charge in [0.25, 0.3) is 0 Å². The fourth-order valence-corrected chi connectivity index (χ4v) is 3.18. The minimum Gasteiger partial charge on any atom is -0.382 e. The summed E-state index contributed by atoms with van der Waals surface area (Å²) >= 11 is 5.77. The molecular formula is C13H16ClFN2. The molecule has 2 fully saturated rings. The summed E-state index contributed by atoms with van der Waals surface area (Å²) in [6.07, 6.45) is 4.86. The maximum absolute atomic E-state index is 13.0. The van der Waals surface area contributed by atoms with E-state index in [2.05, 4.69) is 10.6 Å². The van der Waals surface area contributed by atoms with Gasteiger partial charge in [-0.25, -0.2) is 4.39 Å². The molecule has 0 spiro atoms. The predicted molar refractivity (Wildman–Crippen MR) is 68.0 cm³/mol. The Morgan fingerprint density at radius 3 is 2.59 bits per heavy atom. The molecule has 2 aliphatic rings. The van der Waals surface area contributed by atoms with Gasteiger partial charge in [0.2, 0.25) is 0 Å². The Balaban J connectivity index is 1.68. The largest absolute Gasteiger partial charge is 0.382 e. The van der Waals surface area contributed by atoms with E-state index < -0.39 is 0 Å². The molecule has 2 saturated heterocycles. The van der Waals surface area contributed by atoms with Crippen molar-refractivity contribution in [2.45, 2.75) is 43.8 Å². The number of hydrogen-bond donors (Lipinski definition) is 2. The molecule has 2 unspecified atom stereocenters. The Bertz CT molecular complexity index is 412. The molecule has 0 saturated carbocycles. The highest BCUT2D eigenvalue weighted by molar-refractivity contribution is 6.31. The van der Waals surface area contributed by atoms with Gasteiger partial charge in [0.1, 0.15) is 5.82 Å². The number of fused-ring (bicyclic) bond motifs is 2. The minimum absolute atomic E-state index is 0.187. The molecule has 0 aromatic heterocycles. The second kappa shape index (κ2) is 4.46. The standard InChI is InChI=1S/C13H16ClFN2/c14-12-7-10(3-4-13(12)15)17-11-5-8-1-2-9(6-11)16-8/h3-4,7-9,11,16-17H,1-2,5-6H2. The third-order valence-corrected chi connectivity index (χ3v) is 4.05. The van der Waals surface area contributed by atoms with Gasteiger partial charge < -0.3 is 10.6 Å². The van der Waals surface area contributed by atoms with Crippen LogP contribution in [0.1, 0.15) is 25.7 Å². The van der Waals surface area contributed by atoms with E-state index >= 15 is 0 Å². The molecule has 1 aromatic rings. The smallest absolute Gasteiger partial charge is 0.141 e. The Kier molecular flexibility index (Phi) is 2.97. The number of rotatable bonds is 2. The average Bonchev–Trinajstić information content (AvgIpc) is 2.64. The second-order valence-electron chi connectivity index (χ2n) is 5.08.